The number of methoxy groups -OCH3 is 1. The fraction of sp³-hybridized carbons (Fsp3) is 0.308. The first-order chi connectivity index (χ1) is 8.67. The maximum absolute atomic E-state index is 13.3. The van der Waals surface area contributed by atoms with Gasteiger partial charge in [-0.1, -0.05) is 12.1 Å². The van der Waals surface area contributed by atoms with Crippen LogP contribution in [0.4, 0.5) is 4.39 Å². The van der Waals surface area contributed by atoms with Crippen LogP contribution in [0.1, 0.15) is 12.5 Å². The summed E-state index contributed by atoms with van der Waals surface area (Å²) in [6, 6.07) is 6.57. The van der Waals surface area contributed by atoms with Gasteiger partial charge in [0.25, 0.3) is 0 Å². The van der Waals surface area contributed by atoms with Crippen LogP contribution >= 0.6 is 0 Å². The third-order valence-corrected chi connectivity index (χ3v) is 1.99. The van der Waals surface area contributed by atoms with E-state index < -0.39 is 11.8 Å². The molecule has 0 aromatic heterocycles. The molecule has 1 aromatic rings. The van der Waals surface area contributed by atoms with Crippen LogP contribution in [0, 0.1) is 0 Å². The van der Waals surface area contributed by atoms with Gasteiger partial charge in [0, 0.05) is 7.11 Å². The van der Waals surface area contributed by atoms with Crippen molar-refractivity contribution in [3.8, 4) is 5.75 Å². The highest BCUT2D eigenvalue weighted by atomic mass is 19.1. The minimum Gasteiger partial charge on any atom is -0.468 e. The standard InChI is InChI=1S/C13H15FO4/c1-3-17-13(15)12(14)8-10-4-6-11(7-5-10)18-9-16-2/h4-8H,3,9H2,1-2H3. The van der Waals surface area contributed by atoms with E-state index in [0.717, 1.165) is 6.08 Å². The lowest BCUT2D eigenvalue weighted by atomic mass is 10.2. The minimum atomic E-state index is -0.961. The molecule has 4 nitrogen and oxygen atoms in total. The Morgan fingerprint density at radius 3 is 2.56 bits per heavy atom. The summed E-state index contributed by atoms with van der Waals surface area (Å²) in [5.41, 5.74) is 0.547. The summed E-state index contributed by atoms with van der Waals surface area (Å²) in [7, 11) is 1.52. The van der Waals surface area contributed by atoms with Crippen molar-refractivity contribution in [2.75, 3.05) is 20.5 Å². The second-order valence-electron chi connectivity index (χ2n) is 3.33. The SMILES string of the molecule is CCOC(=O)C(F)=Cc1ccc(OCOC)cc1. The van der Waals surface area contributed by atoms with E-state index in [-0.39, 0.29) is 13.4 Å². The summed E-state index contributed by atoms with van der Waals surface area (Å²) >= 11 is 0. The highest BCUT2D eigenvalue weighted by Crippen LogP contribution is 2.15. The fourth-order valence-corrected chi connectivity index (χ4v) is 1.19. The Bertz CT molecular complexity index is 412. The highest BCUT2D eigenvalue weighted by molar-refractivity contribution is 5.91. The second-order valence-corrected chi connectivity index (χ2v) is 3.33. The molecule has 0 radical (unpaired) electrons. The number of rotatable bonds is 6. The van der Waals surface area contributed by atoms with Gasteiger partial charge < -0.3 is 14.2 Å². The first-order valence-corrected chi connectivity index (χ1v) is 5.43. The number of carbonyl (C=O) groups is 1. The number of hydrogen-bond donors (Lipinski definition) is 0. The molecule has 18 heavy (non-hydrogen) atoms. The molecule has 0 atom stereocenters. The molecule has 0 heterocycles. The van der Waals surface area contributed by atoms with Crippen LogP contribution in [0.2, 0.25) is 0 Å². The van der Waals surface area contributed by atoms with Crippen molar-refractivity contribution in [3.63, 3.8) is 0 Å². The summed E-state index contributed by atoms with van der Waals surface area (Å²) < 4.78 is 27.8. The number of halogens is 1. The van der Waals surface area contributed by atoms with Gasteiger partial charge in [-0.05, 0) is 30.7 Å². The number of carbonyl (C=O) groups excluding carboxylic acids is 1. The lowest BCUT2D eigenvalue weighted by Gasteiger charge is -2.04. The van der Waals surface area contributed by atoms with Crippen LogP contribution in [0.15, 0.2) is 30.1 Å². The topological polar surface area (TPSA) is 44.8 Å². The molecule has 0 aliphatic carbocycles. The van der Waals surface area contributed by atoms with Crippen LogP contribution < -0.4 is 4.74 Å². The predicted molar refractivity (Wildman–Crippen MR) is 64.7 cm³/mol. The Morgan fingerprint density at radius 2 is 2.00 bits per heavy atom. The van der Waals surface area contributed by atoms with E-state index >= 15 is 0 Å². The predicted octanol–water partition coefficient (Wildman–Crippen LogP) is 2.54. The Labute approximate surface area is 105 Å². The van der Waals surface area contributed by atoms with E-state index in [9.17, 15) is 9.18 Å². The number of ether oxygens (including phenoxy) is 3. The van der Waals surface area contributed by atoms with Crippen LogP contribution in [-0.2, 0) is 14.3 Å². The Morgan fingerprint density at radius 1 is 1.33 bits per heavy atom. The average molecular weight is 254 g/mol. The zero-order valence-corrected chi connectivity index (χ0v) is 10.3. The maximum atomic E-state index is 13.3. The fourth-order valence-electron chi connectivity index (χ4n) is 1.19. The molecule has 0 spiro atoms. The maximum Gasteiger partial charge on any atom is 0.367 e. The van der Waals surface area contributed by atoms with E-state index in [4.69, 9.17) is 9.47 Å². The third kappa shape index (κ3) is 4.55. The zero-order chi connectivity index (χ0) is 13.4. The largest absolute Gasteiger partial charge is 0.468 e. The average Bonchev–Trinajstić information content (AvgIpc) is 2.38. The van der Waals surface area contributed by atoms with Gasteiger partial charge in [0.1, 0.15) is 5.75 Å². The van der Waals surface area contributed by atoms with Gasteiger partial charge in [0.15, 0.2) is 6.79 Å². The third-order valence-electron chi connectivity index (χ3n) is 1.99. The molecule has 0 aliphatic rings. The normalized spacial score (nSPS) is 11.2. The first kappa shape index (κ1) is 14.2. The Hall–Kier alpha value is -1.88. The van der Waals surface area contributed by atoms with Gasteiger partial charge in [-0.25, -0.2) is 4.79 Å². The summed E-state index contributed by atoms with van der Waals surface area (Å²) in [6.45, 7) is 1.91. The minimum absolute atomic E-state index is 0.143. The number of hydrogen-bond acceptors (Lipinski definition) is 4. The van der Waals surface area contributed by atoms with Crippen molar-refractivity contribution in [2.45, 2.75) is 6.92 Å². The molecule has 0 aliphatic heterocycles. The van der Waals surface area contributed by atoms with E-state index in [1.54, 1.807) is 31.2 Å². The van der Waals surface area contributed by atoms with E-state index in [1.165, 1.54) is 7.11 Å². The molecule has 1 aromatic carbocycles. The van der Waals surface area contributed by atoms with Crippen molar-refractivity contribution < 1.29 is 23.4 Å². The molecule has 98 valence electrons. The summed E-state index contributed by atoms with van der Waals surface area (Å²) in [5.74, 6) is -1.29. The number of benzene rings is 1. The van der Waals surface area contributed by atoms with Crippen LogP contribution in [0.3, 0.4) is 0 Å². The van der Waals surface area contributed by atoms with E-state index in [0.29, 0.717) is 11.3 Å². The molecule has 0 saturated heterocycles. The zero-order valence-electron chi connectivity index (χ0n) is 10.3. The Balaban J connectivity index is 2.67. The van der Waals surface area contributed by atoms with Crippen molar-refractivity contribution >= 4 is 12.0 Å². The van der Waals surface area contributed by atoms with E-state index in [1.807, 2.05) is 0 Å². The summed E-state index contributed by atoms with van der Waals surface area (Å²) in [4.78, 5) is 11.0. The van der Waals surface area contributed by atoms with Gasteiger partial charge in [-0.2, -0.15) is 4.39 Å². The van der Waals surface area contributed by atoms with Crippen LogP contribution in [-0.4, -0.2) is 26.5 Å². The van der Waals surface area contributed by atoms with Gasteiger partial charge in [-0.3, -0.25) is 0 Å². The van der Waals surface area contributed by atoms with Crippen molar-refractivity contribution in [1.29, 1.82) is 0 Å². The monoisotopic (exact) mass is 254 g/mol. The highest BCUT2D eigenvalue weighted by Gasteiger charge is 2.08. The number of esters is 1. The van der Waals surface area contributed by atoms with Gasteiger partial charge in [0.2, 0.25) is 5.83 Å². The molecular weight excluding hydrogens is 239 g/mol. The smallest absolute Gasteiger partial charge is 0.367 e. The van der Waals surface area contributed by atoms with E-state index in [2.05, 4.69) is 4.74 Å². The van der Waals surface area contributed by atoms with Crippen molar-refractivity contribution in [3.05, 3.63) is 35.7 Å². The van der Waals surface area contributed by atoms with Crippen molar-refractivity contribution in [2.24, 2.45) is 0 Å². The molecule has 5 heteroatoms. The van der Waals surface area contributed by atoms with Gasteiger partial charge >= 0.3 is 5.97 Å². The quantitative estimate of drug-likeness (QED) is 0.444. The molecule has 0 saturated carbocycles. The summed E-state index contributed by atoms with van der Waals surface area (Å²) in [5, 5.41) is 0. The van der Waals surface area contributed by atoms with Gasteiger partial charge in [0.05, 0.1) is 6.61 Å². The molecule has 0 fully saturated rings. The first-order valence-electron chi connectivity index (χ1n) is 5.43. The van der Waals surface area contributed by atoms with Crippen molar-refractivity contribution in [1.82, 2.24) is 0 Å². The molecular formula is C13H15FO4. The van der Waals surface area contributed by atoms with Gasteiger partial charge in [-0.15, -0.1) is 0 Å². The summed E-state index contributed by atoms with van der Waals surface area (Å²) in [6.07, 6.45) is 1.11. The lowest BCUT2D eigenvalue weighted by molar-refractivity contribution is -0.140. The second kappa shape index (κ2) is 7.45. The molecule has 0 N–H and O–H groups in total. The Kier molecular flexibility index (Phi) is 5.87. The molecule has 1 rings (SSSR count). The molecule has 0 bridgehead atoms. The molecule has 0 amide bonds. The van der Waals surface area contributed by atoms with Crippen LogP contribution in [0.25, 0.3) is 6.08 Å². The lowest BCUT2D eigenvalue weighted by Crippen LogP contribution is -2.03. The molecule has 0 unspecified atom stereocenters. The van der Waals surface area contributed by atoms with Crippen LogP contribution in [0.5, 0.6) is 5.75 Å².